The van der Waals surface area contributed by atoms with Crippen molar-refractivity contribution in [1.29, 1.82) is 0 Å². The van der Waals surface area contributed by atoms with Gasteiger partial charge < -0.3 is 26.4 Å². The van der Waals surface area contributed by atoms with Crippen molar-refractivity contribution in [2.75, 3.05) is 30.3 Å². The predicted molar refractivity (Wildman–Crippen MR) is 151 cm³/mol. The fourth-order valence-electron chi connectivity index (χ4n) is 4.17. The van der Waals surface area contributed by atoms with E-state index in [1.165, 1.54) is 11.3 Å². The third-order valence-electron chi connectivity index (χ3n) is 5.96. The number of aliphatic hydroxyl groups excluding tert-OH is 1. The van der Waals surface area contributed by atoms with Gasteiger partial charge in [-0.1, -0.05) is 13.0 Å². The molecule has 2 unspecified atom stereocenters. The summed E-state index contributed by atoms with van der Waals surface area (Å²) in [5, 5.41) is 22.2. The highest BCUT2D eigenvalue weighted by Crippen LogP contribution is 2.37. The van der Waals surface area contributed by atoms with Gasteiger partial charge >= 0.3 is 12.2 Å². The summed E-state index contributed by atoms with van der Waals surface area (Å²) >= 11 is 1.46. The van der Waals surface area contributed by atoms with Crippen LogP contribution in [-0.4, -0.2) is 64.0 Å². The van der Waals surface area contributed by atoms with Crippen molar-refractivity contribution < 1.29 is 23.1 Å². The second kappa shape index (κ2) is 14.8. The molecule has 3 atom stereocenters. The van der Waals surface area contributed by atoms with Crippen LogP contribution in [0.15, 0.2) is 19.2 Å². The molecule has 2 heterocycles. The molecular weight excluding hydrogens is 531 g/mol. The Kier molecular flexibility index (Phi) is 12.2. The zero-order valence-corrected chi connectivity index (χ0v) is 23.6. The molecule has 0 saturated heterocycles. The second-order valence-corrected chi connectivity index (χ2v) is 10.2. The number of halogens is 3. The maximum Gasteiger partial charge on any atom is 0.405 e. The van der Waals surface area contributed by atoms with E-state index in [-0.39, 0.29) is 23.9 Å². The number of alkyl halides is 3. The Labute approximate surface area is 231 Å². The normalized spacial score (nSPS) is 18.9. The van der Waals surface area contributed by atoms with Crippen molar-refractivity contribution in [2.24, 2.45) is 5.92 Å². The van der Waals surface area contributed by atoms with Gasteiger partial charge in [0.2, 0.25) is 5.95 Å². The molecule has 2 amide bonds. The summed E-state index contributed by atoms with van der Waals surface area (Å²) in [6, 6.07) is -0.507. The van der Waals surface area contributed by atoms with E-state index < -0.39 is 18.8 Å². The number of aromatic nitrogens is 3. The number of anilines is 2. The summed E-state index contributed by atoms with van der Waals surface area (Å²) < 4.78 is 38.4. The molecule has 0 radical (unpaired) electrons. The van der Waals surface area contributed by atoms with Crippen molar-refractivity contribution in [1.82, 2.24) is 25.6 Å². The van der Waals surface area contributed by atoms with E-state index in [0.29, 0.717) is 48.0 Å². The molecule has 3 rings (SSSR count). The summed E-state index contributed by atoms with van der Waals surface area (Å²) in [4.78, 5) is 26.1. The molecule has 2 aromatic rings. The van der Waals surface area contributed by atoms with Crippen LogP contribution in [0.4, 0.5) is 29.7 Å². The predicted octanol–water partition coefficient (Wildman–Crippen LogP) is 5.29. The van der Waals surface area contributed by atoms with Gasteiger partial charge in [0.05, 0.1) is 23.1 Å². The van der Waals surface area contributed by atoms with Crippen molar-refractivity contribution in [3.63, 3.8) is 0 Å². The van der Waals surface area contributed by atoms with Crippen LogP contribution in [0, 0.1) is 19.8 Å². The third-order valence-corrected chi connectivity index (χ3v) is 6.96. The molecule has 1 fully saturated rings. The summed E-state index contributed by atoms with van der Waals surface area (Å²) in [6.07, 6.45) is 0.684. The largest absolute Gasteiger partial charge is 0.405 e. The lowest BCUT2D eigenvalue weighted by Crippen LogP contribution is -2.39. The highest BCUT2D eigenvalue weighted by atomic mass is 32.1. The number of aliphatic hydroxyl groups is 1. The molecule has 2 aromatic heterocycles. The Morgan fingerprint density at radius 3 is 2.51 bits per heavy atom. The molecule has 1 aliphatic carbocycles. The third kappa shape index (κ3) is 9.50. The molecule has 0 aliphatic heterocycles. The van der Waals surface area contributed by atoms with Crippen LogP contribution in [-0.2, 0) is 0 Å². The van der Waals surface area contributed by atoms with Gasteiger partial charge in [0, 0.05) is 29.9 Å². The fourth-order valence-corrected chi connectivity index (χ4v) is 5.17. The zero-order chi connectivity index (χ0) is 29.2. The Bertz CT molecular complexity index is 1120. The molecule has 1 aliphatic rings. The van der Waals surface area contributed by atoms with Crippen LogP contribution in [0.5, 0.6) is 0 Å². The lowest BCUT2D eigenvalue weighted by molar-refractivity contribution is -0.115. The Morgan fingerprint density at radius 1 is 1.15 bits per heavy atom. The number of thiazole rings is 1. The first kappa shape index (κ1) is 32.0. The Morgan fingerprint density at radius 2 is 1.87 bits per heavy atom. The van der Waals surface area contributed by atoms with Gasteiger partial charge in [0.1, 0.15) is 17.4 Å². The first-order chi connectivity index (χ1) is 18.5. The van der Waals surface area contributed by atoms with Crippen molar-refractivity contribution in [2.45, 2.75) is 65.3 Å². The lowest BCUT2D eigenvalue weighted by atomic mass is 10.1. The first-order valence-electron chi connectivity index (χ1n) is 12.8. The van der Waals surface area contributed by atoms with Gasteiger partial charge in [-0.2, -0.15) is 18.2 Å². The Hall–Kier alpha value is -3.19. The quantitative estimate of drug-likeness (QED) is 0.247. The van der Waals surface area contributed by atoms with Gasteiger partial charge in [-0.3, -0.25) is 0 Å². The number of hydrogen-bond donors (Lipinski definition) is 5. The van der Waals surface area contributed by atoms with Crippen molar-refractivity contribution in [3.8, 4) is 10.6 Å². The van der Waals surface area contributed by atoms with E-state index in [9.17, 15) is 23.1 Å². The number of hydrogen-bond acceptors (Lipinski definition) is 8. The fraction of sp³-hybridized carbons (Fsp3) is 0.538. The summed E-state index contributed by atoms with van der Waals surface area (Å²) in [5.74, 6) is 0.0298. The summed E-state index contributed by atoms with van der Waals surface area (Å²) in [6.45, 7) is 13.1. The molecule has 0 bridgehead atoms. The maximum absolute atomic E-state index is 12.8. The minimum Gasteiger partial charge on any atom is -0.393 e. The minimum atomic E-state index is -4.42. The van der Waals surface area contributed by atoms with Crippen molar-refractivity contribution in [3.05, 3.63) is 35.5 Å². The Balaban J connectivity index is 0.00000260. The van der Waals surface area contributed by atoms with Crippen LogP contribution >= 0.6 is 11.3 Å². The standard InChI is InChI=1S/C24H34F3N7O2S.C2H4/c1-5-7-8-17-14(4)37-21(33-17)19-13(3)31-22(30-12-24(25,26)27)34-20(19)32-16-9-15(18(35)10-16)11-29-23(36)28-6-2;1-2/h7-8,15-16,18,35H,5-6,9-12H2,1-4H3,(H2,28,29,36)(H2,30,31,32,34);1-2H2/b8-7-;/t15?,16?,18-;/m0./s1. The molecule has 0 aromatic carbocycles. The summed E-state index contributed by atoms with van der Waals surface area (Å²) in [5.41, 5.74) is 1.91. The average Bonchev–Trinajstić information content (AvgIpc) is 3.41. The van der Waals surface area contributed by atoms with E-state index in [2.05, 4.69) is 44.4 Å². The summed E-state index contributed by atoms with van der Waals surface area (Å²) in [7, 11) is 0. The molecule has 5 N–H and O–H groups in total. The minimum absolute atomic E-state index is 0.145. The van der Waals surface area contributed by atoms with Gasteiger partial charge in [-0.05, 0) is 46.1 Å². The van der Waals surface area contributed by atoms with E-state index >= 15 is 0 Å². The number of carbonyl (C=O) groups excluding carboxylic acids is 1. The molecule has 1 saturated carbocycles. The van der Waals surface area contributed by atoms with Crippen LogP contribution < -0.4 is 21.3 Å². The molecule has 216 valence electrons. The number of carbonyl (C=O) groups is 1. The number of rotatable bonds is 10. The number of nitrogens with zero attached hydrogens (tertiary/aromatic N) is 3. The molecule has 13 heteroatoms. The molecular formula is C26H38F3N7O2S. The van der Waals surface area contributed by atoms with E-state index in [4.69, 9.17) is 4.98 Å². The monoisotopic (exact) mass is 569 g/mol. The number of amides is 2. The lowest BCUT2D eigenvalue weighted by Gasteiger charge is -2.19. The van der Waals surface area contributed by atoms with E-state index in [1.54, 1.807) is 6.92 Å². The number of nitrogens with one attached hydrogen (secondary N) is 4. The topological polar surface area (TPSA) is 124 Å². The zero-order valence-electron chi connectivity index (χ0n) is 22.8. The average molecular weight is 570 g/mol. The van der Waals surface area contributed by atoms with Gasteiger partial charge in [0.15, 0.2) is 0 Å². The van der Waals surface area contributed by atoms with Crippen LogP contribution in [0.2, 0.25) is 0 Å². The number of allylic oxidation sites excluding steroid dienone is 1. The van der Waals surface area contributed by atoms with E-state index in [1.807, 2.05) is 32.9 Å². The van der Waals surface area contributed by atoms with E-state index in [0.717, 1.165) is 17.0 Å². The highest BCUT2D eigenvalue weighted by Gasteiger charge is 2.34. The SMILES string of the molecule is C=C.CC/C=C\c1nc(-c2c(C)nc(NCC(F)(F)F)nc2NC2CC(CNC(=O)NCC)[C@@H](O)C2)sc1C. The smallest absolute Gasteiger partial charge is 0.393 e. The van der Waals surface area contributed by atoms with Gasteiger partial charge in [-0.15, -0.1) is 24.5 Å². The van der Waals surface area contributed by atoms with Crippen molar-refractivity contribution >= 4 is 35.2 Å². The van der Waals surface area contributed by atoms with Crippen LogP contribution in [0.25, 0.3) is 16.6 Å². The molecule has 9 nitrogen and oxygen atoms in total. The number of urea groups is 1. The van der Waals surface area contributed by atoms with Crippen LogP contribution in [0.3, 0.4) is 0 Å². The van der Waals surface area contributed by atoms with Gasteiger partial charge in [-0.25, -0.2) is 14.8 Å². The maximum atomic E-state index is 12.8. The van der Waals surface area contributed by atoms with Crippen LogP contribution in [0.1, 0.15) is 49.4 Å². The number of aryl methyl sites for hydroxylation is 2. The second-order valence-electron chi connectivity index (χ2n) is 8.98. The highest BCUT2D eigenvalue weighted by molar-refractivity contribution is 7.15. The molecule has 39 heavy (non-hydrogen) atoms. The van der Waals surface area contributed by atoms with Gasteiger partial charge in [0.25, 0.3) is 0 Å². The first-order valence-corrected chi connectivity index (χ1v) is 13.6. The molecule has 0 spiro atoms.